The number of aromatic nitrogens is 2. The van der Waals surface area contributed by atoms with Crippen molar-refractivity contribution in [2.75, 3.05) is 0 Å². The van der Waals surface area contributed by atoms with Gasteiger partial charge in [-0.2, -0.15) is 21.9 Å². The van der Waals surface area contributed by atoms with Crippen LogP contribution in [0, 0.1) is 10.1 Å². The zero-order valence-electron chi connectivity index (χ0n) is 32.3. The second-order valence-electron chi connectivity index (χ2n) is 12.3. The van der Waals surface area contributed by atoms with E-state index in [9.17, 15) is 61.0 Å². The van der Waals surface area contributed by atoms with Crippen LogP contribution in [-0.2, 0) is 48.4 Å². The van der Waals surface area contributed by atoms with E-state index in [1.165, 1.54) is 24.3 Å². The monoisotopic (exact) mass is 1040 g/mol. The number of non-ortho nitro benzene ring substituents is 1. The highest BCUT2D eigenvalue weighted by molar-refractivity contribution is 7.95. The average Bonchev–Trinajstić information content (AvgIpc) is 3.63. The van der Waals surface area contributed by atoms with Gasteiger partial charge in [0, 0.05) is 17.0 Å². The predicted octanol–water partition coefficient (Wildman–Crippen LogP) is 8.36. The number of rotatable bonds is 20. The molecule has 0 atom stereocenters. The van der Waals surface area contributed by atoms with E-state index in [-0.39, 0.29) is 40.4 Å². The summed E-state index contributed by atoms with van der Waals surface area (Å²) in [6.07, 6.45) is 0. The number of aromatic amines is 1. The Balaban J connectivity index is 1.43. The zero-order chi connectivity index (χ0) is 49.5. The number of aromatic hydroxyl groups is 2. The highest BCUT2D eigenvalue weighted by Gasteiger charge is 2.28. The summed E-state index contributed by atoms with van der Waals surface area (Å²) in [7, 11) is -10.6. The van der Waals surface area contributed by atoms with Crippen molar-refractivity contribution in [3.05, 3.63) is 99.0 Å². The molecule has 6 aromatic rings. The summed E-state index contributed by atoms with van der Waals surface area (Å²) >= 11 is 0.863. The maximum atomic E-state index is 13.3. The second-order valence-corrected chi connectivity index (χ2v) is 17.3. The first kappa shape index (κ1) is 50.6. The van der Waals surface area contributed by atoms with E-state index in [1.807, 2.05) is 0 Å². The molecule has 1 aromatic heterocycles. The first-order valence-electron chi connectivity index (χ1n) is 17.1. The molecule has 0 unspecified atom stereocenters. The largest absolute Gasteiger partial charge is 0.505 e. The number of nitrogens with one attached hydrogen (secondary N) is 1. The summed E-state index contributed by atoms with van der Waals surface area (Å²) in [6.45, 7) is 0. The SMILES string of the molecule is O=C(O)c1[nH]n(-c2ccc(SOOO)cc2)c(=O)c1N=Nc1ccc(N=Nc2c(SOOO)cc3cc(S(=O)(=O)O)c(N=Nc4ccc([N+](=O)[O-])cc4SOOO)c(O)c3c2O)c(S(=O)(=O)O)c1. The van der Waals surface area contributed by atoms with E-state index >= 15 is 0 Å². The van der Waals surface area contributed by atoms with Crippen molar-refractivity contribution in [1.29, 1.82) is 0 Å². The molecule has 68 heavy (non-hydrogen) atoms. The van der Waals surface area contributed by atoms with Crippen LogP contribution < -0.4 is 5.56 Å². The molecule has 0 radical (unpaired) electrons. The Hall–Kier alpha value is -6.85. The summed E-state index contributed by atoms with van der Waals surface area (Å²) < 4.78 is 84.3. The maximum absolute atomic E-state index is 13.3. The van der Waals surface area contributed by atoms with E-state index in [2.05, 4.69) is 63.9 Å². The van der Waals surface area contributed by atoms with Crippen molar-refractivity contribution in [3.63, 3.8) is 0 Å². The number of phenols is 2. The lowest BCUT2D eigenvalue weighted by Crippen LogP contribution is -2.13. The van der Waals surface area contributed by atoms with Crippen LogP contribution in [0.3, 0.4) is 0 Å². The van der Waals surface area contributed by atoms with Crippen molar-refractivity contribution < 1.29 is 94.9 Å². The standard InChI is InChI=1S/C32H21N9O22S5/c42-29-24-13(10-23(68(55,56)57)26(30(24)43)37-34-18-8-4-16(41(47)48)12-20(18)65-62-59-50)9-21(66-63-60-51)25(29)36-35-19-7-1-14(11-22(19)67(52,53)54)33-38-27-28(32(45)46)39-40(31(27)44)15-2-5-17(6-3-15)64-61-58-49/h1-12,39,42-43,49-51H,(H,45,46)(H,52,53,54)(H,55,56,57). The van der Waals surface area contributed by atoms with Crippen LogP contribution in [0.5, 0.6) is 11.5 Å². The fourth-order valence-electron chi connectivity index (χ4n) is 5.51. The quantitative estimate of drug-likeness (QED) is 0.00865. The van der Waals surface area contributed by atoms with Crippen LogP contribution in [0.2, 0.25) is 0 Å². The first-order valence-corrected chi connectivity index (χ1v) is 22.2. The van der Waals surface area contributed by atoms with E-state index in [4.69, 9.17) is 15.8 Å². The Morgan fingerprint density at radius 2 is 1.25 bits per heavy atom. The van der Waals surface area contributed by atoms with Gasteiger partial charge in [0.1, 0.15) is 32.5 Å². The van der Waals surface area contributed by atoms with Crippen molar-refractivity contribution in [1.82, 2.24) is 9.78 Å². The third-order valence-electron chi connectivity index (χ3n) is 8.33. The summed E-state index contributed by atoms with van der Waals surface area (Å²) in [4.78, 5) is 33.3. The number of benzene rings is 5. The summed E-state index contributed by atoms with van der Waals surface area (Å²) in [5.41, 5.74) is -6.19. The molecule has 36 heteroatoms. The number of hydrogen-bond donors (Lipinski definition) is 9. The predicted molar refractivity (Wildman–Crippen MR) is 224 cm³/mol. The van der Waals surface area contributed by atoms with Gasteiger partial charge in [0.15, 0.2) is 22.9 Å². The van der Waals surface area contributed by atoms with Crippen LogP contribution in [0.15, 0.2) is 133 Å². The molecule has 5 aromatic carbocycles. The van der Waals surface area contributed by atoms with Gasteiger partial charge in [0.25, 0.3) is 31.5 Å². The molecule has 0 bridgehead atoms. The molecular formula is C32H21N9O22S5. The summed E-state index contributed by atoms with van der Waals surface area (Å²) in [6, 6.07) is 12.5. The van der Waals surface area contributed by atoms with Gasteiger partial charge in [-0.1, -0.05) is 15.1 Å². The van der Waals surface area contributed by atoms with Gasteiger partial charge in [-0.15, -0.1) is 38.6 Å². The molecule has 1 heterocycles. The maximum Gasteiger partial charge on any atom is 0.356 e. The van der Waals surface area contributed by atoms with Crippen LogP contribution in [0.1, 0.15) is 10.5 Å². The molecule has 0 saturated carbocycles. The third-order valence-corrected chi connectivity index (χ3v) is 11.9. The highest BCUT2D eigenvalue weighted by Crippen LogP contribution is 2.51. The van der Waals surface area contributed by atoms with Gasteiger partial charge in [0.2, 0.25) is 0 Å². The Bertz CT molecular complexity index is 3330. The van der Waals surface area contributed by atoms with E-state index in [0.717, 1.165) is 41.1 Å². The molecule has 0 spiro atoms. The van der Waals surface area contributed by atoms with E-state index in [0.29, 0.717) is 29.1 Å². The number of nitro groups is 1. The number of nitrogens with zero attached hydrogens (tertiary/aromatic N) is 8. The smallest absolute Gasteiger partial charge is 0.356 e. The minimum Gasteiger partial charge on any atom is -0.505 e. The molecule has 6 rings (SSSR count). The van der Waals surface area contributed by atoms with Crippen molar-refractivity contribution >= 4 is 113 Å². The Kier molecular flexibility index (Phi) is 15.9. The molecule has 31 nitrogen and oxygen atoms in total. The average molecular weight is 1040 g/mol. The van der Waals surface area contributed by atoms with Crippen LogP contribution in [0.4, 0.5) is 39.8 Å². The molecule has 0 saturated heterocycles. The molecule has 0 aliphatic heterocycles. The van der Waals surface area contributed by atoms with Gasteiger partial charge in [-0.25, -0.2) is 25.2 Å². The van der Waals surface area contributed by atoms with Crippen LogP contribution in [-0.4, -0.2) is 77.7 Å². The molecule has 0 aliphatic rings. The topological polar surface area (TPSA) is 458 Å². The normalized spacial score (nSPS) is 12.3. The fraction of sp³-hybridized carbons (Fsp3) is 0. The lowest BCUT2D eigenvalue weighted by atomic mass is 10.1. The Morgan fingerprint density at radius 1 is 0.676 bits per heavy atom. The first-order chi connectivity index (χ1) is 32.3. The number of fused-ring (bicyclic) bond motifs is 1. The zero-order valence-corrected chi connectivity index (χ0v) is 36.4. The molecule has 356 valence electrons. The number of carboxylic acid groups (broad SMARTS) is 1. The van der Waals surface area contributed by atoms with Gasteiger partial charge in [0.05, 0.1) is 67.6 Å². The number of carboxylic acids is 1. The second kappa shape index (κ2) is 21.4. The van der Waals surface area contributed by atoms with Gasteiger partial charge >= 0.3 is 5.97 Å². The van der Waals surface area contributed by atoms with Gasteiger partial charge in [-0.05, 0) is 66.0 Å². The Labute approximate surface area is 387 Å². The number of carbonyl (C=O) groups is 1. The summed E-state index contributed by atoms with van der Waals surface area (Å²) in [5, 5.41) is 104. The number of hydrogen-bond acceptors (Lipinski definition) is 28. The molecule has 0 fully saturated rings. The molecule has 0 aliphatic carbocycles. The van der Waals surface area contributed by atoms with Crippen molar-refractivity contribution in [3.8, 4) is 17.2 Å². The lowest BCUT2D eigenvalue weighted by molar-refractivity contribution is -0.432. The third kappa shape index (κ3) is 11.5. The lowest BCUT2D eigenvalue weighted by Gasteiger charge is -2.13. The van der Waals surface area contributed by atoms with Gasteiger partial charge < -0.3 is 15.3 Å². The van der Waals surface area contributed by atoms with Crippen LogP contribution in [0.25, 0.3) is 16.5 Å². The number of aromatic carboxylic acids is 1. The minimum absolute atomic E-state index is 0.0807. The molecular weight excluding hydrogens is 1020 g/mol. The minimum atomic E-state index is -5.32. The van der Waals surface area contributed by atoms with Crippen molar-refractivity contribution in [2.24, 2.45) is 30.7 Å². The van der Waals surface area contributed by atoms with E-state index in [1.54, 1.807) is 0 Å². The number of phenolic OH excluding ortho intramolecular Hbond substituents is 2. The Morgan fingerprint density at radius 3 is 1.87 bits per heavy atom. The summed E-state index contributed by atoms with van der Waals surface area (Å²) in [5.74, 6) is -3.98. The van der Waals surface area contributed by atoms with Gasteiger partial charge in [-0.3, -0.25) is 29.1 Å². The number of nitro benzene ring substituents is 1. The van der Waals surface area contributed by atoms with Crippen molar-refractivity contribution in [2.45, 2.75) is 24.5 Å². The highest BCUT2D eigenvalue weighted by atomic mass is 32.2. The molecule has 0 amide bonds. The van der Waals surface area contributed by atoms with E-state index < -0.39 is 113 Å². The van der Waals surface area contributed by atoms with Crippen LogP contribution >= 0.6 is 36.1 Å². The number of H-pyrrole nitrogens is 1. The number of azo groups is 3. The molecule has 9 N–H and O–H groups in total. The fourth-order valence-corrected chi connectivity index (χ4v) is 8.13.